The van der Waals surface area contributed by atoms with E-state index in [0.717, 1.165) is 10.9 Å². The average molecular weight is 344 g/mol. The van der Waals surface area contributed by atoms with Crippen LogP contribution in [0, 0.1) is 0 Å². The molecule has 0 aliphatic rings. The van der Waals surface area contributed by atoms with Crippen LogP contribution < -0.4 is 5.32 Å². The highest BCUT2D eigenvalue weighted by Crippen LogP contribution is 2.26. The minimum absolute atomic E-state index is 0.278. The lowest BCUT2D eigenvalue weighted by Crippen LogP contribution is -2.40. The fourth-order valence-corrected chi connectivity index (χ4v) is 2.73. The number of furan rings is 1. The smallest absolute Gasteiger partial charge is 0.287 e. The molecule has 0 aliphatic heterocycles. The minimum Gasteiger partial charge on any atom is -0.451 e. The van der Waals surface area contributed by atoms with Gasteiger partial charge < -0.3 is 14.5 Å². The van der Waals surface area contributed by atoms with Gasteiger partial charge in [-0.3, -0.25) is 4.79 Å². The van der Waals surface area contributed by atoms with Crippen LogP contribution in [0.25, 0.3) is 11.0 Å². The maximum Gasteiger partial charge on any atom is 0.287 e. The van der Waals surface area contributed by atoms with Gasteiger partial charge in [0.05, 0.1) is 6.54 Å². The molecule has 0 radical (unpaired) electrons. The van der Waals surface area contributed by atoms with Gasteiger partial charge >= 0.3 is 0 Å². The third kappa shape index (κ3) is 3.30. The number of halogens is 1. The number of carbonyl (C=O) groups is 1. The lowest BCUT2D eigenvalue weighted by atomic mass is 9.95. The van der Waals surface area contributed by atoms with Gasteiger partial charge in [-0.2, -0.15) is 0 Å². The summed E-state index contributed by atoms with van der Waals surface area (Å²) < 4.78 is 11.2. The van der Waals surface area contributed by atoms with Crippen LogP contribution >= 0.6 is 11.6 Å². The van der Waals surface area contributed by atoms with Crippen LogP contribution in [0.15, 0.2) is 59.0 Å². The summed E-state index contributed by atoms with van der Waals surface area (Å²) in [5, 5.41) is 4.39. The number of hydrogen-bond donors (Lipinski definition) is 1. The van der Waals surface area contributed by atoms with Crippen LogP contribution in [0.2, 0.25) is 5.02 Å². The SMILES string of the molecule is COC(C)(CNC(=O)c1cc2ccccc2o1)c1cccc(Cl)c1. The molecule has 1 unspecified atom stereocenters. The van der Waals surface area contributed by atoms with E-state index < -0.39 is 5.60 Å². The largest absolute Gasteiger partial charge is 0.451 e. The first-order valence-electron chi connectivity index (χ1n) is 7.60. The zero-order valence-corrected chi connectivity index (χ0v) is 14.3. The standard InChI is InChI=1S/C19H18ClNO3/c1-19(23-2,14-7-5-8-15(20)11-14)12-21-18(22)17-10-13-6-3-4-9-16(13)24-17/h3-11H,12H2,1-2H3,(H,21,22). The highest BCUT2D eigenvalue weighted by molar-refractivity contribution is 6.30. The van der Waals surface area contributed by atoms with E-state index in [2.05, 4.69) is 5.32 Å². The van der Waals surface area contributed by atoms with Gasteiger partial charge in [-0.1, -0.05) is 41.9 Å². The second-order valence-electron chi connectivity index (χ2n) is 5.78. The van der Waals surface area contributed by atoms with Gasteiger partial charge in [-0.25, -0.2) is 0 Å². The van der Waals surface area contributed by atoms with Gasteiger partial charge in [0, 0.05) is 17.5 Å². The van der Waals surface area contributed by atoms with E-state index >= 15 is 0 Å². The molecule has 0 bridgehead atoms. The van der Waals surface area contributed by atoms with Crippen molar-refractivity contribution in [2.24, 2.45) is 0 Å². The topological polar surface area (TPSA) is 51.5 Å². The molecule has 0 saturated heterocycles. The van der Waals surface area contributed by atoms with Gasteiger partial charge in [0.2, 0.25) is 0 Å². The molecule has 3 aromatic rings. The van der Waals surface area contributed by atoms with E-state index in [1.807, 2.05) is 49.4 Å². The van der Waals surface area contributed by atoms with Crippen LogP contribution in [0.5, 0.6) is 0 Å². The van der Waals surface area contributed by atoms with E-state index in [9.17, 15) is 4.79 Å². The van der Waals surface area contributed by atoms with Crippen LogP contribution in [0.4, 0.5) is 0 Å². The van der Waals surface area contributed by atoms with Crippen LogP contribution in [-0.4, -0.2) is 19.6 Å². The van der Waals surface area contributed by atoms with Crippen molar-refractivity contribution < 1.29 is 13.9 Å². The van der Waals surface area contributed by atoms with Crippen molar-refractivity contribution in [3.63, 3.8) is 0 Å². The molecule has 0 saturated carbocycles. The number of rotatable bonds is 5. The number of ether oxygens (including phenoxy) is 1. The normalized spacial score (nSPS) is 13.6. The van der Waals surface area contributed by atoms with Crippen molar-refractivity contribution in [3.05, 3.63) is 70.9 Å². The summed E-state index contributed by atoms with van der Waals surface area (Å²) in [4.78, 5) is 12.4. The van der Waals surface area contributed by atoms with Crippen molar-refractivity contribution >= 4 is 28.5 Å². The Morgan fingerprint density at radius 1 is 1.21 bits per heavy atom. The third-order valence-electron chi connectivity index (χ3n) is 4.12. The van der Waals surface area contributed by atoms with Crippen molar-refractivity contribution in [1.29, 1.82) is 0 Å². The summed E-state index contributed by atoms with van der Waals surface area (Å²) in [6, 6.07) is 16.6. The fourth-order valence-electron chi connectivity index (χ4n) is 2.54. The predicted molar refractivity (Wildman–Crippen MR) is 94.4 cm³/mol. The highest BCUT2D eigenvalue weighted by Gasteiger charge is 2.28. The maximum absolute atomic E-state index is 12.4. The molecule has 3 rings (SSSR count). The first-order chi connectivity index (χ1) is 11.5. The maximum atomic E-state index is 12.4. The molecule has 0 spiro atoms. The Morgan fingerprint density at radius 2 is 2.00 bits per heavy atom. The Labute approximate surface area is 145 Å². The predicted octanol–water partition coefficient (Wildman–Crippen LogP) is 4.38. The van der Waals surface area contributed by atoms with Gasteiger partial charge in [0.1, 0.15) is 11.2 Å². The molecular weight excluding hydrogens is 326 g/mol. The molecule has 1 aromatic heterocycles. The number of carbonyl (C=O) groups excluding carboxylic acids is 1. The quantitative estimate of drug-likeness (QED) is 0.748. The third-order valence-corrected chi connectivity index (χ3v) is 4.36. The van der Waals surface area contributed by atoms with Crippen molar-refractivity contribution in [2.45, 2.75) is 12.5 Å². The summed E-state index contributed by atoms with van der Waals surface area (Å²) in [5.41, 5.74) is 0.890. The molecule has 0 aliphatic carbocycles. The van der Waals surface area contributed by atoms with E-state index in [1.54, 1.807) is 19.2 Å². The van der Waals surface area contributed by atoms with Crippen molar-refractivity contribution in [3.8, 4) is 0 Å². The molecule has 1 atom stereocenters. The first kappa shape index (κ1) is 16.6. The van der Waals surface area contributed by atoms with Crippen LogP contribution in [0.3, 0.4) is 0 Å². The Hall–Kier alpha value is -2.30. The number of methoxy groups -OCH3 is 1. The number of amides is 1. The van der Waals surface area contributed by atoms with Crippen LogP contribution in [0.1, 0.15) is 23.0 Å². The zero-order valence-electron chi connectivity index (χ0n) is 13.5. The fraction of sp³-hybridized carbons (Fsp3) is 0.211. The molecule has 24 heavy (non-hydrogen) atoms. The Balaban J connectivity index is 1.76. The second kappa shape index (κ2) is 6.67. The van der Waals surface area contributed by atoms with Gasteiger partial charge in [0.25, 0.3) is 5.91 Å². The monoisotopic (exact) mass is 343 g/mol. The molecule has 1 heterocycles. The second-order valence-corrected chi connectivity index (χ2v) is 6.21. The minimum atomic E-state index is -0.688. The van der Waals surface area contributed by atoms with E-state index in [-0.39, 0.29) is 11.7 Å². The van der Waals surface area contributed by atoms with Gasteiger partial charge in [-0.15, -0.1) is 0 Å². The Kier molecular flexibility index (Phi) is 4.60. The van der Waals surface area contributed by atoms with Crippen LogP contribution in [-0.2, 0) is 10.3 Å². The lowest BCUT2D eigenvalue weighted by molar-refractivity contribution is 0.00296. The molecular formula is C19H18ClNO3. The number of nitrogens with one attached hydrogen (secondary N) is 1. The summed E-state index contributed by atoms with van der Waals surface area (Å²) in [5.74, 6) is -0.00255. The molecule has 124 valence electrons. The Bertz CT molecular complexity index is 841. The average Bonchev–Trinajstić information content (AvgIpc) is 3.03. The molecule has 1 amide bonds. The molecule has 2 aromatic carbocycles. The molecule has 4 nitrogen and oxygen atoms in total. The lowest BCUT2D eigenvalue weighted by Gasteiger charge is -2.29. The van der Waals surface area contributed by atoms with E-state index in [4.69, 9.17) is 20.8 Å². The molecule has 0 fully saturated rings. The number of para-hydroxylation sites is 1. The van der Waals surface area contributed by atoms with E-state index in [1.165, 1.54) is 0 Å². The molecule has 5 heteroatoms. The summed E-state index contributed by atoms with van der Waals surface area (Å²) >= 11 is 6.05. The Morgan fingerprint density at radius 3 is 2.71 bits per heavy atom. The summed E-state index contributed by atoms with van der Waals surface area (Å²) in [6.07, 6.45) is 0. The summed E-state index contributed by atoms with van der Waals surface area (Å²) in [6.45, 7) is 2.19. The summed E-state index contributed by atoms with van der Waals surface area (Å²) in [7, 11) is 1.61. The zero-order chi connectivity index (χ0) is 17.2. The molecule has 1 N–H and O–H groups in total. The highest BCUT2D eigenvalue weighted by atomic mass is 35.5. The van der Waals surface area contributed by atoms with E-state index in [0.29, 0.717) is 17.2 Å². The number of hydrogen-bond acceptors (Lipinski definition) is 3. The first-order valence-corrected chi connectivity index (χ1v) is 7.97. The van der Waals surface area contributed by atoms with Crippen molar-refractivity contribution in [1.82, 2.24) is 5.32 Å². The number of benzene rings is 2. The van der Waals surface area contributed by atoms with Gasteiger partial charge in [0.15, 0.2) is 5.76 Å². The van der Waals surface area contributed by atoms with Crippen molar-refractivity contribution in [2.75, 3.05) is 13.7 Å². The number of fused-ring (bicyclic) bond motifs is 1. The van der Waals surface area contributed by atoms with Gasteiger partial charge in [-0.05, 0) is 36.8 Å².